The minimum absolute atomic E-state index is 0.0940. The lowest BCUT2D eigenvalue weighted by atomic mass is 9.75. The van der Waals surface area contributed by atoms with Crippen molar-refractivity contribution in [1.29, 1.82) is 0 Å². The lowest BCUT2D eigenvalue weighted by Crippen LogP contribution is -2.64. The predicted octanol–water partition coefficient (Wildman–Crippen LogP) is 7.68. The van der Waals surface area contributed by atoms with Crippen LogP contribution in [-0.2, 0) is 49.2 Å². The van der Waals surface area contributed by atoms with Crippen LogP contribution in [0.4, 0.5) is 0 Å². The van der Waals surface area contributed by atoms with Crippen molar-refractivity contribution in [3.63, 3.8) is 0 Å². The number of carbonyl (C=O) groups excluding carboxylic acids is 1. The first-order valence-electron chi connectivity index (χ1n) is 15.5. The Balaban J connectivity index is 1.39. The van der Waals surface area contributed by atoms with Crippen LogP contribution in [0.5, 0.6) is 5.75 Å². The van der Waals surface area contributed by atoms with Crippen LogP contribution in [0.2, 0.25) is 5.02 Å². The molecule has 0 amide bonds. The zero-order chi connectivity index (χ0) is 31.4. The van der Waals surface area contributed by atoms with E-state index >= 15 is 0 Å². The SMILES string of the molecule is CCOc1ccc(Cc2cc([C@]34OC[C@](C(C)=O)(O3)[C@@H](C)[C@H](OCc3ccccc3)[C@H]4OCc3ccccc3)ccc2Cl)cc1. The smallest absolute Gasteiger partial charge is 0.225 e. The first-order valence-corrected chi connectivity index (χ1v) is 15.9. The topological polar surface area (TPSA) is 63.2 Å². The Labute approximate surface area is 270 Å². The fraction of sp³-hybridized carbons (Fsp3) is 0.342. The Morgan fingerprint density at radius 1 is 0.867 bits per heavy atom. The first-order chi connectivity index (χ1) is 21.8. The summed E-state index contributed by atoms with van der Waals surface area (Å²) in [6.07, 6.45) is -0.613. The molecule has 6 rings (SSSR count). The molecule has 0 aromatic heterocycles. The predicted molar refractivity (Wildman–Crippen MR) is 173 cm³/mol. The molecule has 4 aromatic rings. The normalized spacial score (nSPS) is 25.6. The van der Waals surface area contributed by atoms with Gasteiger partial charge in [0.2, 0.25) is 5.79 Å². The third kappa shape index (κ3) is 6.31. The second-order valence-corrected chi connectivity index (χ2v) is 12.2. The van der Waals surface area contributed by atoms with Crippen LogP contribution in [0.3, 0.4) is 0 Å². The van der Waals surface area contributed by atoms with Crippen LogP contribution in [0.25, 0.3) is 0 Å². The number of rotatable bonds is 12. The summed E-state index contributed by atoms with van der Waals surface area (Å²) in [5.74, 6) is -1.02. The van der Waals surface area contributed by atoms with Crippen molar-refractivity contribution < 1.29 is 28.5 Å². The third-order valence-corrected chi connectivity index (χ3v) is 9.34. The Bertz CT molecular complexity index is 1590. The van der Waals surface area contributed by atoms with E-state index in [-0.39, 0.29) is 18.3 Å². The number of fused-ring (bicyclic) bond motifs is 2. The molecule has 2 aliphatic heterocycles. The average Bonchev–Trinajstić information content (AvgIpc) is 3.44. The van der Waals surface area contributed by atoms with Crippen LogP contribution in [-0.4, -0.2) is 36.8 Å². The summed E-state index contributed by atoms with van der Waals surface area (Å²) in [6.45, 7) is 6.90. The van der Waals surface area contributed by atoms with Gasteiger partial charge in [0.05, 0.1) is 32.5 Å². The fourth-order valence-corrected chi connectivity index (χ4v) is 6.62. The van der Waals surface area contributed by atoms with Crippen molar-refractivity contribution in [2.24, 2.45) is 5.92 Å². The van der Waals surface area contributed by atoms with E-state index in [4.69, 9.17) is 35.3 Å². The van der Waals surface area contributed by atoms with Crippen LogP contribution in [0.15, 0.2) is 103 Å². The van der Waals surface area contributed by atoms with Gasteiger partial charge in [-0.15, -0.1) is 0 Å². The van der Waals surface area contributed by atoms with Gasteiger partial charge in [-0.2, -0.15) is 0 Å². The van der Waals surface area contributed by atoms with E-state index in [0.29, 0.717) is 31.3 Å². The molecule has 0 radical (unpaired) electrons. The summed E-state index contributed by atoms with van der Waals surface area (Å²) in [4.78, 5) is 13.4. The number of ether oxygens (including phenoxy) is 5. The van der Waals surface area contributed by atoms with E-state index < -0.39 is 23.6 Å². The number of halogens is 1. The molecule has 6 nitrogen and oxygen atoms in total. The van der Waals surface area contributed by atoms with Crippen LogP contribution < -0.4 is 4.74 Å². The maximum atomic E-state index is 13.4. The van der Waals surface area contributed by atoms with Gasteiger partial charge in [0, 0.05) is 16.5 Å². The molecule has 2 saturated heterocycles. The van der Waals surface area contributed by atoms with Gasteiger partial charge in [-0.1, -0.05) is 97.4 Å². The maximum absolute atomic E-state index is 13.4. The Kier molecular flexibility index (Phi) is 9.41. The van der Waals surface area contributed by atoms with E-state index in [1.165, 1.54) is 0 Å². The lowest BCUT2D eigenvalue weighted by molar-refractivity contribution is -0.327. The fourth-order valence-electron chi connectivity index (χ4n) is 6.43. The molecular formula is C38H39ClO6. The molecule has 2 aliphatic rings. The average molecular weight is 627 g/mol. The van der Waals surface area contributed by atoms with Gasteiger partial charge in [-0.3, -0.25) is 4.79 Å². The second kappa shape index (κ2) is 13.5. The molecule has 0 spiro atoms. The number of hydrogen-bond acceptors (Lipinski definition) is 6. The largest absolute Gasteiger partial charge is 0.494 e. The highest BCUT2D eigenvalue weighted by Crippen LogP contribution is 2.54. The molecule has 0 N–H and O–H groups in total. The summed E-state index contributed by atoms with van der Waals surface area (Å²) in [5.41, 5.74) is 3.57. The maximum Gasteiger partial charge on any atom is 0.225 e. The van der Waals surface area contributed by atoms with Crippen molar-refractivity contribution in [2.45, 2.75) is 64.0 Å². The molecule has 5 atom stereocenters. The van der Waals surface area contributed by atoms with Gasteiger partial charge in [0.15, 0.2) is 11.4 Å². The van der Waals surface area contributed by atoms with Crippen molar-refractivity contribution in [1.82, 2.24) is 0 Å². The monoisotopic (exact) mass is 626 g/mol. The summed E-state index contributed by atoms with van der Waals surface area (Å²) >= 11 is 6.77. The highest BCUT2D eigenvalue weighted by molar-refractivity contribution is 6.31. The van der Waals surface area contributed by atoms with Crippen molar-refractivity contribution in [3.8, 4) is 5.75 Å². The van der Waals surface area contributed by atoms with Crippen LogP contribution in [0, 0.1) is 5.92 Å². The van der Waals surface area contributed by atoms with E-state index in [9.17, 15) is 4.79 Å². The van der Waals surface area contributed by atoms with Crippen molar-refractivity contribution in [3.05, 3.63) is 136 Å². The quantitative estimate of drug-likeness (QED) is 0.161. The second-order valence-electron chi connectivity index (χ2n) is 11.8. The molecule has 2 heterocycles. The number of ketones is 1. The molecule has 7 heteroatoms. The zero-order valence-electron chi connectivity index (χ0n) is 25.9. The van der Waals surface area contributed by atoms with Gasteiger partial charge in [-0.25, -0.2) is 0 Å². The number of hydrogen-bond donors (Lipinski definition) is 0. The number of benzene rings is 4. The van der Waals surface area contributed by atoms with Crippen LogP contribution >= 0.6 is 11.6 Å². The van der Waals surface area contributed by atoms with Crippen LogP contribution in [0.1, 0.15) is 48.6 Å². The summed E-state index contributed by atoms with van der Waals surface area (Å²) in [5, 5.41) is 0.627. The third-order valence-electron chi connectivity index (χ3n) is 8.97. The van der Waals surface area contributed by atoms with Gasteiger partial charge in [0.1, 0.15) is 11.9 Å². The minimum atomic E-state index is -1.40. The summed E-state index contributed by atoms with van der Waals surface area (Å²) < 4.78 is 32.6. The Morgan fingerprint density at radius 3 is 2.13 bits per heavy atom. The molecule has 0 unspecified atom stereocenters. The lowest BCUT2D eigenvalue weighted by Gasteiger charge is -2.49. The van der Waals surface area contributed by atoms with E-state index in [1.54, 1.807) is 6.92 Å². The van der Waals surface area contributed by atoms with Crippen molar-refractivity contribution >= 4 is 17.4 Å². The molecule has 0 saturated carbocycles. The van der Waals surface area contributed by atoms with Gasteiger partial charge in [-0.05, 0) is 66.8 Å². The summed E-state index contributed by atoms with van der Waals surface area (Å²) in [7, 11) is 0. The highest BCUT2D eigenvalue weighted by Gasteiger charge is 2.69. The standard InChI is InChI=1S/C38H39ClO6/c1-4-41-33-18-15-28(16-19-33)21-31-22-32(17-20-34(31)39)38-36(43-24-30-13-9-6-10-14-30)35(42-23-29-11-7-5-8-12-29)26(2)37(45-38,25-44-38)27(3)40/h5-20,22,26,35-36H,4,21,23-25H2,1-3H3/t26-,35-,36+,37-,38-/m0/s1. The van der Waals surface area contributed by atoms with E-state index in [1.807, 2.05) is 117 Å². The molecule has 4 aromatic carbocycles. The Morgan fingerprint density at radius 2 is 1.51 bits per heavy atom. The first kappa shape index (κ1) is 31.5. The molecular weight excluding hydrogens is 588 g/mol. The van der Waals surface area contributed by atoms with Gasteiger partial charge in [0.25, 0.3) is 0 Å². The van der Waals surface area contributed by atoms with Gasteiger partial charge >= 0.3 is 0 Å². The summed E-state index contributed by atoms with van der Waals surface area (Å²) in [6, 6.07) is 33.8. The van der Waals surface area contributed by atoms with Gasteiger partial charge < -0.3 is 23.7 Å². The van der Waals surface area contributed by atoms with E-state index in [2.05, 4.69) is 0 Å². The number of Topliss-reactive ketones (excluding diaryl/α,β-unsaturated/α-hetero) is 1. The number of carbonyl (C=O) groups is 1. The zero-order valence-corrected chi connectivity index (χ0v) is 26.7. The molecule has 2 bridgehead atoms. The van der Waals surface area contributed by atoms with Crippen molar-refractivity contribution in [2.75, 3.05) is 13.2 Å². The highest BCUT2D eigenvalue weighted by atomic mass is 35.5. The molecule has 2 fully saturated rings. The van der Waals surface area contributed by atoms with E-state index in [0.717, 1.165) is 33.6 Å². The minimum Gasteiger partial charge on any atom is -0.494 e. The molecule has 234 valence electrons. The Hall–Kier alpha value is -3.52. The molecule has 0 aliphatic carbocycles. The molecule has 45 heavy (non-hydrogen) atoms.